The first kappa shape index (κ1) is 17.9. The topological polar surface area (TPSA) is 84.5 Å². The number of rotatable bonds is 6. The molecule has 0 saturated carbocycles. The summed E-state index contributed by atoms with van der Waals surface area (Å²) in [4.78, 5) is 20.7. The number of fused-ring (bicyclic) bond motifs is 1. The van der Waals surface area contributed by atoms with Gasteiger partial charge in [-0.3, -0.25) is 4.79 Å². The number of nitrogens with zero attached hydrogens (tertiary/aromatic N) is 4. The number of ketones is 1. The average molecular weight is 375 g/mol. The van der Waals surface area contributed by atoms with E-state index in [0.29, 0.717) is 17.8 Å². The number of hydrogen-bond donors (Lipinski definition) is 2. The molecule has 0 aliphatic rings. The zero-order chi connectivity index (χ0) is 19.7. The molecular weight excluding hydrogens is 354 g/mol. The minimum Gasteiger partial charge on any atom is -0.392 e. The molecule has 4 aromatic rings. The summed E-state index contributed by atoms with van der Waals surface area (Å²) in [5, 5.41) is 13.2. The summed E-state index contributed by atoms with van der Waals surface area (Å²) in [5.41, 5.74) is 5.31. The third-order valence-electron chi connectivity index (χ3n) is 4.61. The smallest absolute Gasteiger partial charge is 0.182 e. The lowest BCUT2D eigenvalue weighted by Crippen LogP contribution is -2.00. The molecule has 0 fully saturated rings. The molecule has 142 valence electrons. The predicted molar refractivity (Wildman–Crippen MR) is 107 cm³/mol. The molecule has 0 saturated heterocycles. The van der Waals surface area contributed by atoms with Gasteiger partial charge in [-0.05, 0) is 37.3 Å². The number of pyridine rings is 1. The number of aryl methyl sites for hydroxylation is 1. The van der Waals surface area contributed by atoms with Crippen molar-refractivity contribution in [2.45, 2.75) is 26.9 Å². The van der Waals surface area contributed by atoms with Gasteiger partial charge in [0.1, 0.15) is 5.69 Å². The van der Waals surface area contributed by atoms with Gasteiger partial charge < -0.3 is 19.4 Å². The van der Waals surface area contributed by atoms with Gasteiger partial charge in [-0.2, -0.15) is 0 Å². The number of hydrogen-bond acceptors (Lipinski definition) is 5. The fourth-order valence-electron chi connectivity index (χ4n) is 3.18. The number of benzene rings is 1. The van der Waals surface area contributed by atoms with E-state index in [9.17, 15) is 9.90 Å². The number of aliphatic hydroxyl groups excluding tert-OH is 1. The van der Waals surface area contributed by atoms with Crippen molar-refractivity contribution in [3.05, 3.63) is 72.2 Å². The molecule has 2 N–H and O–H groups in total. The first-order valence-electron chi connectivity index (χ1n) is 9.11. The van der Waals surface area contributed by atoms with E-state index in [1.807, 2.05) is 65.5 Å². The molecule has 0 radical (unpaired) electrons. The largest absolute Gasteiger partial charge is 0.392 e. The van der Waals surface area contributed by atoms with Crippen molar-refractivity contribution in [2.24, 2.45) is 0 Å². The number of imidazole rings is 2. The molecule has 7 nitrogen and oxygen atoms in total. The molecule has 3 aromatic heterocycles. The van der Waals surface area contributed by atoms with Crippen LogP contribution in [0.1, 0.15) is 35.1 Å². The number of carbonyl (C=O) groups excluding carboxylic acids is 1. The molecule has 0 spiro atoms. The number of aliphatic hydroxyl groups is 1. The molecule has 0 aliphatic heterocycles. The highest BCUT2D eigenvalue weighted by molar-refractivity contribution is 5.95. The second kappa shape index (κ2) is 7.28. The second-order valence-corrected chi connectivity index (χ2v) is 6.60. The van der Waals surface area contributed by atoms with Crippen molar-refractivity contribution in [1.29, 1.82) is 0 Å². The minimum absolute atomic E-state index is 0.0113. The molecule has 0 amide bonds. The van der Waals surface area contributed by atoms with Gasteiger partial charge in [0.05, 0.1) is 30.0 Å². The van der Waals surface area contributed by atoms with Crippen LogP contribution in [-0.4, -0.2) is 29.8 Å². The number of anilines is 2. The lowest BCUT2D eigenvalue weighted by molar-refractivity contribution is 0.0984. The van der Waals surface area contributed by atoms with Crippen molar-refractivity contribution >= 4 is 22.8 Å². The van der Waals surface area contributed by atoms with Gasteiger partial charge in [-0.25, -0.2) is 9.97 Å². The number of nitrogens with one attached hydrogen (secondary N) is 1. The van der Waals surface area contributed by atoms with E-state index in [1.54, 1.807) is 12.5 Å². The van der Waals surface area contributed by atoms with E-state index in [-0.39, 0.29) is 12.4 Å². The Morgan fingerprint density at radius 2 is 2.11 bits per heavy atom. The van der Waals surface area contributed by atoms with Crippen LogP contribution in [0, 0.1) is 6.92 Å². The molecule has 3 heterocycles. The first-order chi connectivity index (χ1) is 13.6. The van der Waals surface area contributed by atoms with E-state index in [1.165, 1.54) is 0 Å². The Kier molecular flexibility index (Phi) is 4.67. The molecule has 4 rings (SSSR count). The summed E-state index contributed by atoms with van der Waals surface area (Å²) in [6.07, 6.45) is 7.68. The maximum absolute atomic E-state index is 12.0. The summed E-state index contributed by atoms with van der Waals surface area (Å²) in [6, 6.07) is 9.58. The molecular formula is C21H21N5O2. The normalized spacial score (nSPS) is 11.1. The van der Waals surface area contributed by atoms with Crippen LogP contribution in [0.25, 0.3) is 11.3 Å². The third-order valence-corrected chi connectivity index (χ3v) is 4.61. The maximum Gasteiger partial charge on any atom is 0.182 e. The summed E-state index contributed by atoms with van der Waals surface area (Å²) < 4.78 is 3.73. The SMILES string of the molecule is CCC(=O)c1cn2cccc(Nc3ccc(-n4cnc(C)c4)c(CO)c3)c2n1. The highest BCUT2D eigenvalue weighted by Crippen LogP contribution is 2.25. The molecule has 0 aliphatic carbocycles. The molecule has 0 bridgehead atoms. The highest BCUT2D eigenvalue weighted by atomic mass is 16.3. The van der Waals surface area contributed by atoms with E-state index >= 15 is 0 Å². The summed E-state index contributed by atoms with van der Waals surface area (Å²) in [7, 11) is 0. The van der Waals surface area contributed by atoms with Crippen LogP contribution in [0.15, 0.2) is 55.2 Å². The van der Waals surface area contributed by atoms with Crippen LogP contribution in [0.3, 0.4) is 0 Å². The fourth-order valence-corrected chi connectivity index (χ4v) is 3.18. The van der Waals surface area contributed by atoms with Crippen molar-refractivity contribution < 1.29 is 9.90 Å². The van der Waals surface area contributed by atoms with Gasteiger partial charge in [-0.15, -0.1) is 0 Å². The maximum atomic E-state index is 12.0. The predicted octanol–water partition coefficient (Wildman–Crippen LogP) is 3.66. The Hall–Kier alpha value is -3.45. The van der Waals surface area contributed by atoms with Crippen molar-refractivity contribution in [3.63, 3.8) is 0 Å². The number of Topliss-reactive ketones (excluding diaryl/α,β-unsaturated/α-hetero) is 1. The Morgan fingerprint density at radius 1 is 1.25 bits per heavy atom. The molecule has 0 unspecified atom stereocenters. The summed E-state index contributed by atoms with van der Waals surface area (Å²) in [5.74, 6) is 0.0113. The number of carbonyl (C=O) groups is 1. The van der Waals surface area contributed by atoms with Crippen LogP contribution in [-0.2, 0) is 6.61 Å². The van der Waals surface area contributed by atoms with Crippen LogP contribution in [0.2, 0.25) is 0 Å². The minimum atomic E-state index is -0.0925. The standard InChI is InChI=1S/C21H21N5O2/c1-3-20(28)18-11-25-8-4-5-17(21(25)24-18)23-16-6-7-19(15(9-16)12-27)26-10-14(2)22-13-26/h4-11,13,23,27H,3,12H2,1-2H3. The molecule has 1 aromatic carbocycles. The summed E-state index contributed by atoms with van der Waals surface area (Å²) >= 11 is 0. The van der Waals surface area contributed by atoms with Gasteiger partial charge in [0.2, 0.25) is 0 Å². The third kappa shape index (κ3) is 3.27. The highest BCUT2D eigenvalue weighted by Gasteiger charge is 2.12. The van der Waals surface area contributed by atoms with Crippen molar-refractivity contribution in [1.82, 2.24) is 18.9 Å². The van der Waals surface area contributed by atoms with E-state index in [0.717, 1.165) is 28.3 Å². The van der Waals surface area contributed by atoms with Crippen LogP contribution in [0.4, 0.5) is 11.4 Å². The van der Waals surface area contributed by atoms with Gasteiger partial charge in [0.25, 0.3) is 0 Å². The van der Waals surface area contributed by atoms with Gasteiger partial charge in [0, 0.05) is 36.3 Å². The van der Waals surface area contributed by atoms with Gasteiger partial charge >= 0.3 is 0 Å². The first-order valence-corrected chi connectivity index (χ1v) is 9.11. The van der Waals surface area contributed by atoms with E-state index in [4.69, 9.17) is 0 Å². The van der Waals surface area contributed by atoms with E-state index in [2.05, 4.69) is 15.3 Å². The van der Waals surface area contributed by atoms with Crippen molar-refractivity contribution in [2.75, 3.05) is 5.32 Å². The Bertz CT molecular complexity index is 1160. The van der Waals surface area contributed by atoms with Gasteiger partial charge in [0.15, 0.2) is 11.4 Å². The summed E-state index contributed by atoms with van der Waals surface area (Å²) in [6.45, 7) is 3.66. The zero-order valence-electron chi connectivity index (χ0n) is 15.8. The second-order valence-electron chi connectivity index (χ2n) is 6.60. The number of aromatic nitrogens is 4. The quantitative estimate of drug-likeness (QED) is 0.503. The Labute approximate surface area is 162 Å². The Morgan fingerprint density at radius 3 is 2.82 bits per heavy atom. The monoisotopic (exact) mass is 375 g/mol. The fraction of sp³-hybridized carbons (Fsp3) is 0.190. The van der Waals surface area contributed by atoms with Crippen LogP contribution < -0.4 is 5.32 Å². The lowest BCUT2D eigenvalue weighted by Gasteiger charge is -2.13. The van der Waals surface area contributed by atoms with E-state index < -0.39 is 0 Å². The molecule has 28 heavy (non-hydrogen) atoms. The van der Waals surface area contributed by atoms with Crippen molar-refractivity contribution in [3.8, 4) is 5.69 Å². The van der Waals surface area contributed by atoms with Gasteiger partial charge in [-0.1, -0.05) is 6.92 Å². The Balaban J connectivity index is 1.69. The zero-order valence-corrected chi connectivity index (χ0v) is 15.8. The average Bonchev–Trinajstić information content (AvgIpc) is 3.34. The molecule has 0 atom stereocenters. The molecule has 7 heteroatoms. The van der Waals surface area contributed by atoms with Crippen LogP contribution in [0.5, 0.6) is 0 Å². The lowest BCUT2D eigenvalue weighted by atomic mass is 10.1. The van der Waals surface area contributed by atoms with Crippen LogP contribution >= 0.6 is 0 Å².